The summed E-state index contributed by atoms with van der Waals surface area (Å²) < 4.78 is 32.2. The van der Waals surface area contributed by atoms with Gasteiger partial charge in [0.25, 0.3) is 6.01 Å². The molecule has 0 bridgehead atoms. The number of esters is 1. The number of nitriles is 1. The van der Waals surface area contributed by atoms with Crippen molar-refractivity contribution in [2.75, 3.05) is 7.11 Å². The molecule has 0 spiro atoms. The van der Waals surface area contributed by atoms with Gasteiger partial charge in [0, 0.05) is 47.9 Å². The van der Waals surface area contributed by atoms with Crippen LogP contribution in [0.1, 0.15) is 66.0 Å². The van der Waals surface area contributed by atoms with E-state index >= 15 is 0 Å². The summed E-state index contributed by atoms with van der Waals surface area (Å²) in [7, 11) is 1.38. The second kappa shape index (κ2) is 12.3. The molecule has 2 aliphatic rings. The summed E-state index contributed by atoms with van der Waals surface area (Å²) in [6.45, 7) is 0.883. The number of aromatic nitrogens is 3. The highest BCUT2D eigenvalue weighted by Crippen LogP contribution is 2.50. The molecule has 3 aromatic heterocycles. The molecule has 0 N–H and O–H groups in total. The lowest BCUT2D eigenvalue weighted by molar-refractivity contribution is 0.0601. The number of hydrogen-bond donors (Lipinski definition) is 0. The molecule has 0 aliphatic heterocycles. The summed E-state index contributed by atoms with van der Waals surface area (Å²) in [6.07, 6.45) is 8.35. The maximum Gasteiger partial charge on any atom is 0.337 e. The third kappa shape index (κ3) is 5.97. The van der Waals surface area contributed by atoms with Gasteiger partial charge in [-0.3, -0.25) is 0 Å². The van der Waals surface area contributed by atoms with E-state index < -0.39 is 6.01 Å². The summed E-state index contributed by atoms with van der Waals surface area (Å²) in [5, 5.41) is 10.4. The molecule has 1 saturated carbocycles. The standard InChI is InChI=1S/C36H32ClFN4O4/c1-44-35(43)24-10-12-29-30(18-24)42(21-36(13-14-36)15-16-39)32(40-29)17-22-5-7-23(8-6-22)28-3-2-4-33(41-28)45-20-25-9-11-27(37)26-19-31(38)46-34(25)26/h2-4,7,9-12,18-19,22H,5-6,8,13-15,17,20-21H2,1H3. The molecule has 2 aliphatic carbocycles. The number of benzene rings is 2. The van der Waals surface area contributed by atoms with Crippen LogP contribution in [-0.2, 0) is 24.3 Å². The summed E-state index contributed by atoms with van der Waals surface area (Å²) in [6, 6.07) is 17.6. The maximum atomic E-state index is 13.8. The van der Waals surface area contributed by atoms with Gasteiger partial charge in [0.1, 0.15) is 18.0 Å². The monoisotopic (exact) mass is 638 g/mol. The van der Waals surface area contributed by atoms with Crippen LogP contribution in [0.2, 0.25) is 5.02 Å². The van der Waals surface area contributed by atoms with Crippen LogP contribution in [-0.4, -0.2) is 27.6 Å². The summed E-state index contributed by atoms with van der Waals surface area (Å²) in [5.41, 5.74) is 5.33. The number of hydrogen-bond acceptors (Lipinski definition) is 7. The topological polar surface area (TPSA) is 103 Å². The van der Waals surface area contributed by atoms with Crippen LogP contribution >= 0.6 is 11.6 Å². The van der Waals surface area contributed by atoms with Gasteiger partial charge in [0.05, 0.1) is 40.5 Å². The molecular weight excluding hydrogens is 607 g/mol. The number of fused-ring (bicyclic) bond motifs is 2. The van der Waals surface area contributed by atoms with E-state index in [0.29, 0.717) is 45.3 Å². The number of halogens is 2. The Labute approximate surface area is 270 Å². The smallest absolute Gasteiger partial charge is 0.337 e. The fraction of sp³-hybridized carbons (Fsp3) is 0.333. The second-order valence-electron chi connectivity index (χ2n) is 12.4. The van der Waals surface area contributed by atoms with Gasteiger partial charge in [0.2, 0.25) is 5.88 Å². The van der Waals surface area contributed by atoms with Gasteiger partial charge < -0.3 is 18.5 Å². The van der Waals surface area contributed by atoms with Gasteiger partial charge in [-0.25, -0.2) is 14.8 Å². The number of methoxy groups -OCH3 is 1. The van der Waals surface area contributed by atoms with Crippen LogP contribution < -0.4 is 4.74 Å². The molecule has 8 nitrogen and oxygen atoms in total. The third-order valence-corrected chi connectivity index (χ3v) is 9.58. The molecule has 5 aromatic rings. The molecule has 7 rings (SSSR count). The van der Waals surface area contributed by atoms with E-state index in [4.69, 9.17) is 35.5 Å². The molecule has 2 aromatic carbocycles. The number of nitrogens with zero attached hydrogens (tertiary/aromatic N) is 4. The quantitative estimate of drug-likeness (QED) is 0.141. The average Bonchev–Trinajstić information content (AvgIpc) is 3.58. The minimum Gasteiger partial charge on any atom is -0.473 e. The Morgan fingerprint density at radius 2 is 2.07 bits per heavy atom. The number of pyridine rings is 1. The van der Waals surface area contributed by atoms with Crippen molar-refractivity contribution in [1.82, 2.24) is 14.5 Å². The molecule has 46 heavy (non-hydrogen) atoms. The van der Waals surface area contributed by atoms with E-state index in [1.807, 2.05) is 24.3 Å². The van der Waals surface area contributed by atoms with Crippen molar-refractivity contribution in [1.29, 1.82) is 5.26 Å². The van der Waals surface area contributed by atoms with E-state index in [-0.39, 0.29) is 18.0 Å². The maximum absolute atomic E-state index is 13.8. The minimum atomic E-state index is -0.692. The first kappa shape index (κ1) is 30.0. The van der Waals surface area contributed by atoms with Crippen LogP contribution in [0.3, 0.4) is 0 Å². The number of rotatable bonds is 10. The second-order valence-corrected chi connectivity index (χ2v) is 12.8. The number of carbonyl (C=O) groups excluding carboxylic acids is 1. The molecule has 10 heteroatoms. The number of carbonyl (C=O) groups is 1. The minimum absolute atomic E-state index is 0.0233. The van der Waals surface area contributed by atoms with E-state index in [9.17, 15) is 14.4 Å². The Hall–Kier alpha value is -4.68. The predicted octanol–water partition coefficient (Wildman–Crippen LogP) is 8.46. The van der Waals surface area contributed by atoms with Gasteiger partial charge in [-0.1, -0.05) is 29.8 Å². The highest BCUT2D eigenvalue weighted by Gasteiger charge is 2.43. The predicted molar refractivity (Wildman–Crippen MR) is 172 cm³/mol. The summed E-state index contributed by atoms with van der Waals surface area (Å²) in [4.78, 5) is 22.1. The first-order chi connectivity index (χ1) is 22.3. The first-order valence-electron chi connectivity index (χ1n) is 15.4. The fourth-order valence-electron chi connectivity index (χ4n) is 6.44. The third-order valence-electron chi connectivity index (χ3n) is 9.25. The van der Waals surface area contributed by atoms with Crippen molar-refractivity contribution in [3.8, 4) is 11.9 Å². The molecule has 0 saturated heterocycles. The zero-order valence-corrected chi connectivity index (χ0v) is 26.1. The lowest BCUT2D eigenvalue weighted by atomic mass is 9.86. The Bertz CT molecular complexity index is 2040. The first-order valence-corrected chi connectivity index (χ1v) is 15.8. The summed E-state index contributed by atoms with van der Waals surface area (Å²) >= 11 is 6.19. The number of allylic oxidation sites excluding steroid dienone is 2. The number of imidazole rings is 1. The van der Waals surface area contributed by atoms with Gasteiger partial charge in [-0.15, -0.1) is 0 Å². The SMILES string of the molecule is COC(=O)c1ccc2nc(CC3CC=C(c4cccc(OCc5ccc(Cl)c6cc(F)oc56)n4)CC3)n(CC3(CC#N)CC3)c2c1. The number of furan rings is 1. The van der Waals surface area contributed by atoms with Gasteiger partial charge in [0.15, 0.2) is 0 Å². The highest BCUT2D eigenvalue weighted by atomic mass is 35.5. The van der Waals surface area contributed by atoms with E-state index in [2.05, 4.69) is 16.7 Å². The van der Waals surface area contributed by atoms with Gasteiger partial charge in [-0.2, -0.15) is 9.65 Å². The Morgan fingerprint density at radius 3 is 2.83 bits per heavy atom. The molecule has 0 amide bonds. The van der Waals surface area contributed by atoms with Crippen molar-refractivity contribution in [2.45, 2.75) is 58.1 Å². The zero-order chi connectivity index (χ0) is 31.8. The van der Waals surface area contributed by atoms with Crippen molar-refractivity contribution in [2.24, 2.45) is 11.3 Å². The Kier molecular flexibility index (Phi) is 7.99. The van der Waals surface area contributed by atoms with E-state index in [1.54, 1.807) is 24.3 Å². The van der Waals surface area contributed by atoms with Crippen LogP contribution in [0.25, 0.3) is 27.6 Å². The lowest BCUT2D eigenvalue weighted by Crippen LogP contribution is -2.17. The van der Waals surface area contributed by atoms with E-state index in [1.165, 1.54) is 18.7 Å². The van der Waals surface area contributed by atoms with Crippen molar-refractivity contribution < 1.29 is 23.1 Å². The molecule has 1 atom stereocenters. The van der Waals surface area contributed by atoms with Crippen molar-refractivity contribution in [3.05, 3.63) is 94.4 Å². The van der Waals surface area contributed by atoms with Gasteiger partial charge >= 0.3 is 5.97 Å². The molecule has 3 heterocycles. The largest absolute Gasteiger partial charge is 0.473 e. The van der Waals surface area contributed by atoms with Crippen LogP contribution in [0.15, 0.2) is 65.1 Å². The Morgan fingerprint density at radius 1 is 1.20 bits per heavy atom. The average molecular weight is 639 g/mol. The Balaban J connectivity index is 1.07. The van der Waals surface area contributed by atoms with Crippen molar-refractivity contribution >= 4 is 45.1 Å². The van der Waals surface area contributed by atoms with Crippen LogP contribution in [0, 0.1) is 28.7 Å². The normalized spacial score (nSPS) is 17.1. The molecule has 234 valence electrons. The number of ether oxygens (including phenoxy) is 2. The molecule has 1 unspecified atom stereocenters. The zero-order valence-electron chi connectivity index (χ0n) is 25.4. The van der Waals surface area contributed by atoms with Crippen LogP contribution in [0.4, 0.5) is 4.39 Å². The van der Waals surface area contributed by atoms with Gasteiger partial charge in [-0.05, 0) is 73.9 Å². The fourth-order valence-corrected chi connectivity index (χ4v) is 6.64. The molecule has 1 fully saturated rings. The van der Waals surface area contributed by atoms with Crippen LogP contribution in [0.5, 0.6) is 5.88 Å². The lowest BCUT2D eigenvalue weighted by Gasteiger charge is -2.23. The summed E-state index contributed by atoms with van der Waals surface area (Å²) in [5.74, 6) is 1.48. The molecular formula is C36H32ClFN4O4. The van der Waals surface area contributed by atoms with E-state index in [0.717, 1.165) is 67.6 Å². The van der Waals surface area contributed by atoms with Crippen molar-refractivity contribution in [3.63, 3.8) is 0 Å². The highest BCUT2D eigenvalue weighted by molar-refractivity contribution is 6.35. The molecule has 0 radical (unpaired) electrons.